The van der Waals surface area contributed by atoms with E-state index >= 15 is 0 Å². The molecule has 1 aromatic rings. The summed E-state index contributed by atoms with van der Waals surface area (Å²) < 4.78 is 0. The monoisotopic (exact) mass is 292 g/mol. The number of anilines is 1. The summed E-state index contributed by atoms with van der Waals surface area (Å²) >= 11 is 0. The largest absolute Gasteiger partial charge is 0.396 e. The summed E-state index contributed by atoms with van der Waals surface area (Å²) in [7, 11) is 0. The second-order valence-corrected chi connectivity index (χ2v) is 6.27. The predicted octanol–water partition coefficient (Wildman–Crippen LogP) is 1.96. The average molecular weight is 292 g/mol. The molecule has 5 heteroatoms. The molecule has 21 heavy (non-hydrogen) atoms. The van der Waals surface area contributed by atoms with Crippen LogP contribution in [0.3, 0.4) is 0 Å². The summed E-state index contributed by atoms with van der Waals surface area (Å²) in [6.07, 6.45) is 8.33. The number of hydrogen-bond acceptors (Lipinski definition) is 5. The van der Waals surface area contributed by atoms with Crippen LogP contribution in [0.5, 0.6) is 0 Å². The second kappa shape index (κ2) is 8.29. The van der Waals surface area contributed by atoms with Crippen LogP contribution in [-0.2, 0) is 6.54 Å². The van der Waals surface area contributed by atoms with Crippen LogP contribution in [0.4, 0.5) is 5.95 Å². The Bertz CT molecular complexity index is 403. The minimum atomic E-state index is 0.223. The van der Waals surface area contributed by atoms with Gasteiger partial charge in [0, 0.05) is 43.7 Å². The van der Waals surface area contributed by atoms with Crippen molar-refractivity contribution in [3.05, 3.63) is 18.0 Å². The first-order valence-corrected chi connectivity index (χ1v) is 8.10. The van der Waals surface area contributed by atoms with Gasteiger partial charge in [0.1, 0.15) is 0 Å². The molecular formula is C16H28N4O. The van der Waals surface area contributed by atoms with Crippen molar-refractivity contribution in [2.75, 3.05) is 24.6 Å². The van der Waals surface area contributed by atoms with Crippen LogP contribution in [0.25, 0.3) is 0 Å². The van der Waals surface area contributed by atoms with E-state index in [4.69, 9.17) is 5.11 Å². The molecule has 1 aromatic heterocycles. The van der Waals surface area contributed by atoms with E-state index in [1.54, 1.807) is 0 Å². The lowest BCUT2D eigenvalue weighted by molar-refractivity contribution is 0.282. The molecule has 2 rings (SSSR count). The molecule has 0 radical (unpaired) electrons. The van der Waals surface area contributed by atoms with E-state index < -0.39 is 0 Å². The summed E-state index contributed by atoms with van der Waals surface area (Å²) in [5, 5.41) is 12.4. The Morgan fingerprint density at radius 3 is 2.57 bits per heavy atom. The third kappa shape index (κ3) is 4.93. The van der Waals surface area contributed by atoms with Gasteiger partial charge in [0.05, 0.1) is 0 Å². The first-order chi connectivity index (χ1) is 10.2. The Labute approximate surface area is 127 Å². The number of rotatable bonds is 9. The van der Waals surface area contributed by atoms with Crippen molar-refractivity contribution in [1.29, 1.82) is 0 Å². The van der Waals surface area contributed by atoms with Crippen LogP contribution in [0.15, 0.2) is 12.4 Å². The molecule has 1 saturated carbocycles. The van der Waals surface area contributed by atoms with Gasteiger partial charge < -0.3 is 15.3 Å². The van der Waals surface area contributed by atoms with Gasteiger partial charge in [-0.25, -0.2) is 9.97 Å². The molecule has 1 heterocycles. The molecule has 0 amide bonds. The molecule has 5 nitrogen and oxygen atoms in total. The average Bonchev–Trinajstić information content (AvgIpc) is 2.42. The van der Waals surface area contributed by atoms with Crippen molar-refractivity contribution in [3.8, 4) is 0 Å². The molecule has 0 atom stereocenters. The SMILES string of the molecule is CC(C)CNCc1cnc(N(CCCO)C2CCC2)nc1. The molecule has 0 bridgehead atoms. The Morgan fingerprint density at radius 1 is 1.33 bits per heavy atom. The Kier molecular flexibility index (Phi) is 6.39. The third-order valence-corrected chi connectivity index (χ3v) is 3.90. The van der Waals surface area contributed by atoms with E-state index in [1.807, 2.05) is 12.4 Å². The Balaban J connectivity index is 1.91. The molecule has 118 valence electrons. The number of nitrogens with one attached hydrogen (secondary N) is 1. The highest BCUT2D eigenvalue weighted by Crippen LogP contribution is 2.27. The van der Waals surface area contributed by atoms with Crippen molar-refractivity contribution in [1.82, 2.24) is 15.3 Å². The molecule has 1 fully saturated rings. The standard InChI is InChI=1S/C16H28N4O/c1-13(2)9-17-10-14-11-18-16(19-12-14)20(7-4-8-21)15-5-3-6-15/h11-13,15,17,21H,3-10H2,1-2H3. The second-order valence-electron chi connectivity index (χ2n) is 6.27. The zero-order valence-electron chi connectivity index (χ0n) is 13.3. The van der Waals surface area contributed by atoms with E-state index in [-0.39, 0.29) is 6.61 Å². The molecule has 0 saturated heterocycles. The number of nitrogens with zero attached hydrogens (tertiary/aromatic N) is 3. The van der Waals surface area contributed by atoms with Gasteiger partial charge in [0.25, 0.3) is 0 Å². The maximum Gasteiger partial charge on any atom is 0.225 e. The molecule has 0 unspecified atom stereocenters. The van der Waals surface area contributed by atoms with Gasteiger partial charge in [-0.15, -0.1) is 0 Å². The predicted molar refractivity (Wildman–Crippen MR) is 85.3 cm³/mol. The van der Waals surface area contributed by atoms with Gasteiger partial charge in [0.2, 0.25) is 5.95 Å². The normalized spacial score (nSPS) is 15.2. The number of aliphatic hydroxyl groups is 1. The summed E-state index contributed by atoms with van der Waals surface area (Å²) in [4.78, 5) is 11.3. The van der Waals surface area contributed by atoms with E-state index in [9.17, 15) is 0 Å². The third-order valence-electron chi connectivity index (χ3n) is 3.90. The van der Waals surface area contributed by atoms with Crippen LogP contribution < -0.4 is 10.2 Å². The van der Waals surface area contributed by atoms with Crippen LogP contribution in [0.1, 0.15) is 45.1 Å². The van der Waals surface area contributed by atoms with Gasteiger partial charge in [0.15, 0.2) is 0 Å². The Morgan fingerprint density at radius 2 is 2.05 bits per heavy atom. The van der Waals surface area contributed by atoms with Gasteiger partial charge in [-0.1, -0.05) is 13.8 Å². The van der Waals surface area contributed by atoms with Crippen LogP contribution in [0, 0.1) is 5.92 Å². The van der Waals surface area contributed by atoms with Crippen molar-refractivity contribution in [3.63, 3.8) is 0 Å². The molecular weight excluding hydrogens is 264 g/mol. The molecule has 1 aliphatic rings. The molecule has 2 N–H and O–H groups in total. The van der Waals surface area contributed by atoms with Crippen LogP contribution in [0.2, 0.25) is 0 Å². The first kappa shape index (κ1) is 16.2. The summed E-state index contributed by atoms with van der Waals surface area (Å²) in [6, 6.07) is 0.557. The molecule has 0 aliphatic heterocycles. The van der Waals surface area contributed by atoms with Crippen molar-refractivity contribution in [2.24, 2.45) is 5.92 Å². The zero-order chi connectivity index (χ0) is 15.1. The summed E-state index contributed by atoms with van der Waals surface area (Å²) in [6.45, 7) is 7.28. The van der Waals surface area contributed by atoms with E-state index in [0.29, 0.717) is 12.0 Å². The number of aliphatic hydroxyl groups excluding tert-OH is 1. The first-order valence-electron chi connectivity index (χ1n) is 8.10. The topological polar surface area (TPSA) is 61.3 Å². The fourth-order valence-electron chi connectivity index (χ4n) is 2.48. The van der Waals surface area contributed by atoms with E-state index in [0.717, 1.165) is 37.6 Å². The van der Waals surface area contributed by atoms with Crippen LogP contribution in [-0.4, -0.2) is 40.8 Å². The lowest BCUT2D eigenvalue weighted by atomic mass is 9.91. The minimum absolute atomic E-state index is 0.223. The maximum atomic E-state index is 9.04. The quantitative estimate of drug-likeness (QED) is 0.728. The van der Waals surface area contributed by atoms with E-state index in [1.165, 1.54) is 19.3 Å². The zero-order valence-corrected chi connectivity index (χ0v) is 13.3. The molecule has 0 aromatic carbocycles. The van der Waals surface area contributed by atoms with Gasteiger partial charge >= 0.3 is 0 Å². The minimum Gasteiger partial charge on any atom is -0.396 e. The summed E-state index contributed by atoms with van der Waals surface area (Å²) in [5.41, 5.74) is 1.12. The Hall–Kier alpha value is -1.20. The highest BCUT2D eigenvalue weighted by atomic mass is 16.3. The highest BCUT2D eigenvalue weighted by Gasteiger charge is 2.26. The fourth-order valence-corrected chi connectivity index (χ4v) is 2.48. The van der Waals surface area contributed by atoms with Crippen molar-refractivity contribution < 1.29 is 5.11 Å². The van der Waals surface area contributed by atoms with Gasteiger partial charge in [-0.3, -0.25) is 0 Å². The highest BCUT2D eigenvalue weighted by molar-refractivity contribution is 5.32. The summed E-state index contributed by atoms with van der Waals surface area (Å²) in [5.74, 6) is 1.46. The van der Waals surface area contributed by atoms with Gasteiger partial charge in [-0.05, 0) is 38.1 Å². The van der Waals surface area contributed by atoms with Crippen molar-refractivity contribution in [2.45, 2.75) is 52.1 Å². The molecule has 1 aliphatic carbocycles. The maximum absolute atomic E-state index is 9.04. The van der Waals surface area contributed by atoms with Gasteiger partial charge in [-0.2, -0.15) is 0 Å². The van der Waals surface area contributed by atoms with E-state index in [2.05, 4.69) is 34.0 Å². The number of hydrogen-bond donors (Lipinski definition) is 2. The fraction of sp³-hybridized carbons (Fsp3) is 0.750. The smallest absolute Gasteiger partial charge is 0.225 e. The number of aromatic nitrogens is 2. The lowest BCUT2D eigenvalue weighted by Gasteiger charge is -2.37. The lowest BCUT2D eigenvalue weighted by Crippen LogP contribution is -2.42. The van der Waals surface area contributed by atoms with Crippen molar-refractivity contribution >= 4 is 5.95 Å². The van der Waals surface area contributed by atoms with Crippen LogP contribution >= 0.6 is 0 Å². The molecule has 0 spiro atoms.